The maximum absolute atomic E-state index is 13.1. The minimum Gasteiger partial charge on any atom is -0.494 e. The number of benzene rings is 1. The molecule has 2 nitrogen and oxygen atoms in total. The Morgan fingerprint density at radius 3 is 2.69 bits per heavy atom. The summed E-state index contributed by atoms with van der Waals surface area (Å²) in [6.45, 7) is 1.85. The van der Waals surface area contributed by atoms with Gasteiger partial charge >= 0.3 is 0 Å². The number of methoxy groups -OCH3 is 1. The van der Waals surface area contributed by atoms with Crippen LogP contribution in [0.2, 0.25) is 0 Å². The zero-order chi connectivity index (χ0) is 9.84. The van der Waals surface area contributed by atoms with Gasteiger partial charge in [0.05, 0.1) is 7.11 Å². The molecule has 0 bridgehead atoms. The molecule has 0 saturated carbocycles. The van der Waals surface area contributed by atoms with Crippen molar-refractivity contribution in [2.24, 2.45) is 0 Å². The first-order valence-electron chi connectivity index (χ1n) is 4.13. The van der Waals surface area contributed by atoms with Crippen LogP contribution in [0, 0.1) is 5.82 Å². The van der Waals surface area contributed by atoms with E-state index < -0.39 is 0 Å². The molecule has 1 atom stereocenters. The van der Waals surface area contributed by atoms with E-state index in [9.17, 15) is 4.39 Å². The first-order valence-corrected chi connectivity index (χ1v) is 4.13. The molecule has 0 aliphatic heterocycles. The molecule has 0 fully saturated rings. The van der Waals surface area contributed by atoms with Crippen molar-refractivity contribution >= 4 is 0 Å². The Morgan fingerprint density at radius 2 is 2.23 bits per heavy atom. The molecule has 0 aliphatic rings. The normalized spacial score (nSPS) is 12.6. The SMILES string of the molecule is COc1ccc([C@@H](C)CO)cc1F. The molecule has 0 aliphatic carbocycles. The van der Waals surface area contributed by atoms with Gasteiger partial charge in [0, 0.05) is 12.5 Å². The van der Waals surface area contributed by atoms with Crippen LogP contribution in [0.1, 0.15) is 18.4 Å². The van der Waals surface area contributed by atoms with Crippen LogP contribution in [0.3, 0.4) is 0 Å². The zero-order valence-corrected chi connectivity index (χ0v) is 7.75. The van der Waals surface area contributed by atoms with Gasteiger partial charge in [0.2, 0.25) is 0 Å². The second kappa shape index (κ2) is 4.23. The fourth-order valence-corrected chi connectivity index (χ4v) is 1.09. The van der Waals surface area contributed by atoms with Crippen molar-refractivity contribution in [1.29, 1.82) is 0 Å². The predicted octanol–water partition coefficient (Wildman–Crippen LogP) is 1.93. The highest BCUT2D eigenvalue weighted by molar-refractivity contribution is 5.30. The fraction of sp³-hybridized carbons (Fsp3) is 0.400. The summed E-state index contributed by atoms with van der Waals surface area (Å²) >= 11 is 0. The Kier molecular flexibility index (Phi) is 3.25. The molecule has 3 heteroatoms. The van der Waals surface area contributed by atoms with Gasteiger partial charge in [-0.25, -0.2) is 4.39 Å². The first kappa shape index (κ1) is 9.99. The van der Waals surface area contributed by atoms with Crippen LogP contribution < -0.4 is 4.74 Å². The Hall–Kier alpha value is -1.09. The smallest absolute Gasteiger partial charge is 0.165 e. The molecular formula is C10H13FO2. The fourth-order valence-electron chi connectivity index (χ4n) is 1.09. The van der Waals surface area contributed by atoms with Crippen LogP contribution in [0.25, 0.3) is 0 Å². The van der Waals surface area contributed by atoms with Gasteiger partial charge in [0.1, 0.15) is 0 Å². The van der Waals surface area contributed by atoms with Crippen molar-refractivity contribution in [3.8, 4) is 5.75 Å². The van der Waals surface area contributed by atoms with Gasteiger partial charge in [-0.1, -0.05) is 13.0 Å². The molecule has 0 heterocycles. The number of aliphatic hydroxyl groups is 1. The molecule has 72 valence electrons. The van der Waals surface area contributed by atoms with E-state index in [1.165, 1.54) is 13.2 Å². The molecule has 13 heavy (non-hydrogen) atoms. The summed E-state index contributed by atoms with van der Waals surface area (Å²) in [5.74, 6) is -0.199. The maximum Gasteiger partial charge on any atom is 0.165 e. The number of hydrogen-bond acceptors (Lipinski definition) is 2. The van der Waals surface area contributed by atoms with Gasteiger partial charge in [-0.3, -0.25) is 0 Å². The maximum atomic E-state index is 13.1. The number of halogens is 1. The summed E-state index contributed by atoms with van der Waals surface area (Å²) in [7, 11) is 1.42. The summed E-state index contributed by atoms with van der Waals surface area (Å²) in [4.78, 5) is 0. The lowest BCUT2D eigenvalue weighted by molar-refractivity contribution is 0.272. The molecule has 0 spiro atoms. The molecule has 0 aromatic heterocycles. The third-order valence-electron chi connectivity index (χ3n) is 2.02. The summed E-state index contributed by atoms with van der Waals surface area (Å²) < 4.78 is 17.9. The second-order valence-corrected chi connectivity index (χ2v) is 2.98. The topological polar surface area (TPSA) is 29.5 Å². The summed E-state index contributed by atoms with van der Waals surface area (Å²) in [5.41, 5.74) is 0.779. The monoisotopic (exact) mass is 184 g/mol. The van der Waals surface area contributed by atoms with E-state index in [-0.39, 0.29) is 24.1 Å². The van der Waals surface area contributed by atoms with E-state index in [2.05, 4.69) is 0 Å². The van der Waals surface area contributed by atoms with E-state index in [4.69, 9.17) is 9.84 Å². The zero-order valence-electron chi connectivity index (χ0n) is 7.75. The Labute approximate surface area is 77.0 Å². The number of aliphatic hydroxyl groups excluding tert-OH is 1. The highest BCUT2D eigenvalue weighted by Crippen LogP contribution is 2.22. The highest BCUT2D eigenvalue weighted by atomic mass is 19.1. The van der Waals surface area contributed by atoms with Gasteiger partial charge in [0.15, 0.2) is 11.6 Å². The molecule has 0 unspecified atom stereocenters. The molecule has 1 aromatic rings. The van der Waals surface area contributed by atoms with Crippen LogP contribution >= 0.6 is 0 Å². The van der Waals surface area contributed by atoms with Crippen molar-refractivity contribution in [1.82, 2.24) is 0 Å². The molecule has 0 radical (unpaired) electrons. The van der Waals surface area contributed by atoms with E-state index in [0.717, 1.165) is 5.56 Å². The molecule has 0 saturated heterocycles. The Balaban J connectivity index is 2.95. The predicted molar refractivity (Wildman–Crippen MR) is 48.5 cm³/mol. The van der Waals surface area contributed by atoms with E-state index in [0.29, 0.717) is 0 Å². The average molecular weight is 184 g/mol. The van der Waals surface area contributed by atoms with Crippen LogP contribution in [0.4, 0.5) is 4.39 Å². The molecule has 0 amide bonds. The quantitative estimate of drug-likeness (QED) is 0.777. The third-order valence-corrected chi connectivity index (χ3v) is 2.02. The summed E-state index contributed by atoms with van der Waals surface area (Å²) in [6, 6.07) is 4.71. The second-order valence-electron chi connectivity index (χ2n) is 2.98. The largest absolute Gasteiger partial charge is 0.494 e. The van der Waals surface area contributed by atoms with Crippen LogP contribution in [0.15, 0.2) is 18.2 Å². The van der Waals surface area contributed by atoms with Crippen LogP contribution in [-0.2, 0) is 0 Å². The van der Waals surface area contributed by atoms with Gasteiger partial charge < -0.3 is 9.84 Å². The standard InChI is InChI=1S/C10H13FO2/c1-7(6-12)8-3-4-10(13-2)9(11)5-8/h3-5,7,12H,6H2,1-2H3/t7-/m0/s1. The van der Waals surface area contributed by atoms with Crippen LogP contribution in [-0.4, -0.2) is 18.8 Å². The van der Waals surface area contributed by atoms with E-state index in [1.54, 1.807) is 12.1 Å². The number of ether oxygens (including phenoxy) is 1. The van der Waals surface area contributed by atoms with Crippen LogP contribution in [0.5, 0.6) is 5.75 Å². The van der Waals surface area contributed by atoms with Crippen molar-refractivity contribution in [2.75, 3.05) is 13.7 Å². The van der Waals surface area contributed by atoms with Gasteiger partial charge in [-0.2, -0.15) is 0 Å². The minimum atomic E-state index is -0.389. The van der Waals surface area contributed by atoms with Crippen molar-refractivity contribution in [3.05, 3.63) is 29.6 Å². The van der Waals surface area contributed by atoms with Gasteiger partial charge in [0.25, 0.3) is 0 Å². The Bertz CT molecular complexity index is 286. The van der Waals surface area contributed by atoms with Gasteiger partial charge in [-0.15, -0.1) is 0 Å². The lowest BCUT2D eigenvalue weighted by Gasteiger charge is -2.09. The highest BCUT2D eigenvalue weighted by Gasteiger charge is 2.07. The summed E-state index contributed by atoms with van der Waals surface area (Å²) in [6.07, 6.45) is 0. The Morgan fingerprint density at radius 1 is 1.54 bits per heavy atom. The minimum absolute atomic E-state index is 0.0196. The lowest BCUT2D eigenvalue weighted by Crippen LogP contribution is -2.00. The molecular weight excluding hydrogens is 171 g/mol. The number of rotatable bonds is 3. The van der Waals surface area contributed by atoms with Gasteiger partial charge in [-0.05, 0) is 17.7 Å². The van der Waals surface area contributed by atoms with Crippen molar-refractivity contribution in [3.63, 3.8) is 0 Å². The van der Waals surface area contributed by atoms with E-state index >= 15 is 0 Å². The third kappa shape index (κ3) is 2.18. The first-order chi connectivity index (χ1) is 6.19. The molecule has 1 N–H and O–H groups in total. The molecule has 1 rings (SSSR count). The van der Waals surface area contributed by atoms with Crippen molar-refractivity contribution in [2.45, 2.75) is 12.8 Å². The lowest BCUT2D eigenvalue weighted by atomic mass is 10.0. The average Bonchev–Trinajstić information content (AvgIpc) is 2.16. The van der Waals surface area contributed by atoms with Crippen molar-refractivity contribution < 1.29 is 14.2 Å². The number of hydrogen-bond donors (Lipinski definition) is 1. The molecule has 1 aromatic carbocycles. The summed E-state index contributed by atoms with van der Waals surface area (Å²) in [5, 5.41) is 8.85. The van der Waals surface area contributed by atoms with E-state index in [1.807, 2.05) is 6.92 Å².